The molecule has 0 atom stereocenters. The Balaban J connectivity index is 2.94. The summed E-state index contributed by atoms with van der Waals surface area (Å²) in [5.41, 5.74) is 0.444. The Kier molecular flexibility index (Phi) is 2.67. The number of pyridine rings is 1. The van der Waals surface area contributed by atoms with Crippen molar-refractivity contribution in [3.05, 3.63) is 22.9 Å². The van der Waals surface area contributed by atoms with Crippen LogP contribution in [-0.2, 0) is 10.0 Å². The van der Waals surface area contributed by atoms with E-state index < -0.39 is 10.0 Å². The second-order valence-corrected chi connectivity index (χ2v) is 5.97. The molecule has 0 fully saturated rings. The Morgan fingerprint density at radius 1 is 1.50 bits per heavy atom. The van der Waals surface area contributed by atoms with Crippen molar-refractivity contribution in [2.24, 2.45) is 0 Å². The van der Waals surface area contributed by atoms with Gasteiger partial charge in [0.25, 0.3) is 0 Å². The molecule has 0 saturated heterocycles. The molecule has 0 amide bonds. The molecule has 7 heteroatoms. The van der Waals surface area contributed by atoms with Gasteiger partial charge in [-0.25, -0.2) is 17.4 Å². The number of methoxy groups -OCH3 is 1. The maximum atomic E-state index is 11.6. The summed E-state index contributed by atoms with van der Waals surface area (Å²) in [5.74, 6) is 0.286. The second-order valence-electron chi connectivity index (χ2n) is 3.25. The van der Waals surface area contributed by atoms with Crippen LogP contribution in [0.1, 0.15) is 0 Å². The fourth-order valence-corrected chi connectivity index (χ4v) is 2.70. The lowest BCUT2D eigenvalue weighted by molar-refractivity contribution is 0.402. The number of fused-ring (bicyclic) bond motifs is 1. The van der Waals surface area contributed by atoms with E-state index in [1.54, 1.807) is 12.3 Å². The van der Waals surface area contributed by atoms with Crippen LogP contribution in [0.15, 0.2) is 22.9 Å². The smallest absolute Gasteiger partial charge is 0.239 e. The Hall–Kier alpha value is -1.08. The van der Waals surface area contributed by atoms with Gasteiger partial charge in [-0.3, -0.25) is 0 Å². The summed E-state index contributed by atoms with van der Waals surface area (Å²) in [5, 5.41) is 0.747. The molecule has 0 saturated carbocycles. The van der Waals surface area contributed by atoms with Crippen LogP contribution >= 0.6 is 15.9 Å². The van der Waals surface area contributed by atoms with Crippen LogP contribution in [-0.4, -0.2) is 30.7 Å². The summed E-state index contributed by atoms with van der Waals surface area (Å²) in [6, 6.07) is 1.70. The molecule has 2 aromatic rings. The first kappa shape index (κ1) is 11.4. The van der Waals surface area contributed by atoms with Gasteiger partial charge in [-0.1, -0.05) is 0 Å². The lowest BCUT2D eigenvalue weighted by Gasteiger charge is -2.06. The number of nitrogens with zero attached hydrogens (tertiary/aromatic N) is 2. The maximum absolute atomic E-state index is 11.6. The van der Waals surface area contributed by atoms with Crippen molar-refractivity contribution in [3.63, 3.8) is 0 Å². The lowest BCUT2D eigenvalue weighted by atomic mass is 10.3. The zero-order valence-corrected chi connectivity index (χ0v) is 11.0. The number of halogens is 1. The molecule has 0 aliphatic rings. The van der Waals surface area contributed by atoms with Crippen LogP contribution in [0.25, 0.3) is 10.9 Å². The monoisotopic (exact) mass is 304 g/mol. The normalized spacial score (nSPS) is 11.9. The van der Waals surface area contributed by atoms with Gasteiger partial charge in [-0.15, -0.1) is 0 Å². The average Bonchev–Trinajstić information content (AvgIpc) is 2.63. The van der Waals surface area contributed by atoms with Gasteiger partial charge >= 0.3 is 0 Å². The van der Waals surface area contributed by atoms with Gasteiger partial charge in [-0.05, 0) is 22.0 Å². The summed E-state index contributed by atoms with van der Waals surface area (Å²) < 4.78 is 30.0. The molecule has 0 aliphatic carbocycles. The molecule has 2 heterocycles. The molecule has 5 nitrogen and oxygen atoms in total. The summed E-state index contributed by atoms with van der Waals surface area (Å²) >= 11 is 3.31. The van der Waals surface area contributed by atoms with Crippen molar-refractivity contribution in [2.75, 3.05) is 13.4 Å². The van der Waals surface area contributed by atoms with Crippen LogP contribution in [0.5, 0.6) is 5.88 Å². The van der Waals surface area contributed by atoms with Crippen molar-refractivity contribution >= 4 is 36.9 Å². The van der Waals surface area contributed by atoms with Crippen LogP contribution in [0.3, 0.4) is 0 Å². The van der Waals surface area contributed by atoms with Gasteiger partial charge < -0.3 is 4.74 Å². The minimum Gasteiger partial charge on any atom is -0.479 e. The number of aromatic nitrogens is 2. The molecule has 0 aliphatic heterocycles. The molecule has 2 aromatic heterocycles. The topological polar surface area (TPSA) is 61.2 Å². The number of ether oxygens (including phenoxy) is 1. The highest BCUT2D eigenvalue weighted by Crippen LogP contribution is 2.30. The molecule has 16 heavy (non-hydrogen) atoms. The minimum atomic E-state index is -3.36. The third-order valence-electron chi connectivity index (χ3n) is 2.16. The molecule has 0 aromatic carbocycles. The van der Waals surface area contributed by atoms with E-state index in [0.29, 0.717) is 5.52 Å². The highest BCUT2D eigenvalue weighted by Gasteiger charge is 2.16. The summed E-state index contributed by atoms with van der Waals surface area (Å²) in [6.07, 6.45) is 4.19. The Morgan fingerprint density at radius 3 is 2.75 bits per heavy atom. The van der Waals surface area contributed by atoms with Crippen molar-refractivity contribution in [2.45, 2.75) is 0 Å². The lowest BCUT2D eigenvalue weighted by Crippen LogP contribution is -2.09. The van der Waals surface area contributed by atoms with Gasteiger partial charge in [0.2, 0.25) is 15.9 Å². The number of hydrogen-bond acceptors (Lipinski definition) is 4. The van der Waals surface area contributed by atoms with E-state index in [1.165, 1.54) is 13.3 Å². The predicted molar refractivity (Wildman–Crippen MR) is 64.2 cm³/mol. The van der Waals surface area contributed by atoms with Crippen LogP contribution in [0, 0.1) is 0 Å². The van der Waals surface area contributed by atoms with Gasteiger partial charge in [0.05, 0.1) is 13.4 Å². The van der Waals surface area contributed by atoms with Crippen LogP contribution in [0.4, 0.5) is 0 Å². The third-order valence-corrected chi connectivity index (χ3v) is 3.81. The number of rotatable bonds is 2. The van der Waals surface area contributed by atoms with Gasteiger partial charge in [0.15, 0.2) is 0 Å². The van der Waals surface area contributed by atoms with E-state index in [1.807, 2.05) is 0 Å². The first-order chi connectivity index (χ1) is 7.45. The molecular formula is C9H9BrN2O3S. The third kappa shape index (κ3) is 1.69. The van der Waals surface area contributed by atoms with Crippen molar-refractivity contribution in [1.29, 1.82) is 0 Å². The first-order valence-corrected chi connectivity index (χ1v) is 6.99. The Morgan fingerprint density at radius 2 is 2.19 bits per heavy atom. The summed E-state index contributed by atoms with van der Waals surface area (Å²) in [4.78, 5) is 4.02. The molecule has 0 spiro atoms. The SMILES string of the molecule is COc1ncc(Br)c2ccn(S(C)(=O)=O)c12. The number of hydrogen-bond donors (Lipinski definition) is 0. The van der Waals surface area contributed by atoms with E-state index in [2.05, 4.69) is 20.9 Å². The highest BCUT2D eigenvalue weighted by molar-refractivity contribution is 9.10. The zero-order chi connectivity index (χ0) is 11.9. The van der Waals surface area contributed by atoms with Crippen LogP contribution < -0.4 is 4.74 Å². The summed E-state index contributed by atoms with van der Waals surface area (Å²) in [7, 11) is -1.91. The van der Waals surface area contributed by atoms with Crippen molar-refractivity contribution in [1.82, 2.24) is 8.96 Å². The largest absolute Gasteiger partial charge is 0.479 e. The Labute approximate surface area is 101 Å². The van der Waals surface area contributed by atoms with E-state index >= 15 is 0 Å². The Bertz CT molecular complexity index is 648. The minimum absolute atomic E-state index is 0.286. The fraction of sp³-hybridized carbons (Fsp3) is 0.222. The quantitative estimate of drug-likeness (QED) is 0.846. The highest BCUT2D eigenvalue weighted by atomic mass is 79.9. The first-order valence-electron chi connectivity index (χ1n) is 4.35. The fourth-order valence-electron chi connectivity index (χ4n) is 1.49. The average molecular weight is 305 g/mol. The van der Waals surface area contributed by atoms with E-state index in [0.717, 1.165) is 20.1 Å². The molecular weight excluding hydrogens is 296 g/mol. The van der Waals surface area contributed by atoms with Gasteiger partial charge in [0.1, 0.15) is 5.52 Å². The molecule has 86 valence electrons. The molecule has 2 rings (SSSR count). The van der Waals surface area contributed by atoms with E-state index in [4.69, 9.17) is 4.74 Å². The van der Waals surface area contributed by atoms with Crippen molar-refractivity contribution in [3.8, 4) is 5.88 Å². The predicted octanol–water partition coefficient (Wildman–Crippen LogP) is 1.62. The molecule has 0 radical (unpaired) electrons. The van der Waals surface area contributed by atoms with Gasteiger partial charge in [0, 0.05) is 22.3 Å². The van der Waals surface area contributed by atoms with Crippen LogP contribution in [0.2, 0.25) is 0 Å². The van der Waals surface area contributed by atoms with Gasteiger partial charge in [-0.2, -0.15) is 0 Å². The zero-order valence-electron chi connectivity index (χ0n) is 8.64. The van der Waals surface area contributed by atoms with E-state index in [9.17, 15) is 8.42 Å². The molecule has 0 bridgehead atoms. The van der Waals surface area contributed by atoms with E-state index in [-0.39, 0.29) is 5.88 Å². The summed E-state index contributed by atoms with van der Waals surface area (Å²) in [6.45, 7) is 0. The standard InChI is InChI=1S/C9H9BrN2O3S/c1-15-9-8-6(7(10)5-11-9)3-4-12(8)16(2,13)14/h3-5H,1-2H3. The molecule has 0 N–H and O–H groups in total. The maximum Gasteiger partial charge on any atom is 0.239 e. The second kappa shape index (κ2) is 3.74. The van der Waals surface area contributed by atoms with Crippen molar-refractivity contribution < 1.29 is 13.2 Å². The molecule has 0 unspecified atom stereocenters.